The maximum atomic E-state index is 13.2. The first-order valence-electron chi connectivity index (χ1n) is 5.86. The van der Waals surface area contributed by atoms with Gasteiger partial charge in [0.25, 0.3) is 0 Å². The van der Waals surface area contributed by atoms with Gasteiger partial charge in [-0.2, -0.15) is 5.10 Å². The monoisotopic (exact) mass is 288 g/mol. The quantitative estimate of drug-likeness (QED) is 0.787. The van der Waals surface area contributed by atoms with Crippen LogP contribution in [0.4, 0.5) is 10.1 Å². The first-order valence-corrected chi connectivity index (χ1v) is 6.24. The van der Waals surface area contributed by atoms with E-state index in [2.05, 4.69) is 10.1 Å². The Morgan fingerprint density at radius 3 is 2.60 bits per heavy atom. The number of hydrogen-bond acceptors (Lipinski definition) is 3. The molecule has 0 radical (unpaired) electrons. The Balaban J connectivity index is 2.07. The Hall–Kier alpha value is -2.40. The van der Waals surface area contributed by atoms with Crippen LogP contribution >= 0.6 is 11.6 Å². The Kier molecular flexibility index (Phi) is 3.12. The van der Waals surface area contributed by atoms with Crippen LogP contribution in [0.2, 0.25) is 5.02 Å². The molecule has 20 heavy (non-hydrogen) atoms. The number of hydrogen-bond donors (Lipinski definition) is 1. The molecule has 2 aromatic heterocycles. The molecule has 0 aliphatic carbocycles. The Morgan fingerprint density at radius 2 is 1.90 bits per heavy atom. The second-order valence-corrected chi connectivity index (χ2v) is 4.62. The van der Waals surface area contributed by atoms with Gasteiger partial charge in [-0.05, 0) is 30.3 Å². The fraction of sp³-hybridized carbons (Fsp3) is 0. The van der Waals surface area contributed by atoms with E-state index in [1.54, 1.807) is 29.3 Å². The summed E-state index contributed by atoms with van der Waals surface area (Å²) >= 11 is 5.78. The molecule has 1 aromatic carbocycles. The van der Waals surface area contributed by atoms with Crippen molar-refractivity contribution in [3.63, 3.8) is 0 Å². The second kappa shape index (κ2) is 4.94. The molecule has 0 aliphatic heterocycles. The summed E-state index contributed by atoms with van der Waals surface area (Å²) in [6.45, 7) is 0. The molecule has 0 bridgehead atoms. The molecule has 0 fully saturated rings. The van der Waals surface area contributed by atoms with Crippen molar-refractivity contribution in [3.8, 4) is 16.9 Å². The molecular weight excluding hydrogens is 279 g/mol. The number of nitrogen functional groups attached to an aromatic ring is 1. The molecule has 4 nitrogen and oxygen atoms in total. The van der Waals surface area contributed by atoms with E-state index in [0.717, 1.165) is 5.69 Å². The van der Waals surface area contributed by atoms with Crippen LogP contribution in [-0.4, -0.2) is 14.8 Å². The lowest BCUT2D eigenvalue weighted by molar-refractivity contribution is 0.628. The third-order valence-corrected chi connectivity index (χ3v) is 3.15. The number of halogens is 2. The highest BCUT2D eigenvalue weighted by Crippen LogP contribution is 2.28. The maximum Gasteiger partial charge on any atom is 0.141 e. The average molecular weight is 289 g/mol. The van der Waals surface area contributed by atoms with Crippen LogP contribution in [-0.2, 0) is 0 Å². The Bertz CT molecular complexity index is 755. The first-order chi connectivity index (χ1) is 9.65. The van der Waals surface area contributed by atoms with E-state index in [1.165, 1.54) is 12.1 Å². The second-order valence-electron chi connectivity index (χ2n) is 4.21. The van der Waals surface area contributed by atoms with E-state index in [9.17, 15) is 4.39 Å². The van der Waals surface area contributed by atoms with E-state index in [0.29, 0.717) is 16.9 Å². The molecule has 0 aliphatic rings. The predicted octanol–water partition coefficient (Wildman–Crippen LogP) is 3.31. The fourth-order valence-corrected chi connectivity index (χ4v) is 2.06. The molecule has 0 amide bonds. The van der Waals surface area contributed by atoms with Crippen LogP contribution in [0.25, 0.3) is 16.9 Å². The average Bonchev–Trinajstić information content (AvgIpc) is 2.85. The summed E-state index contributed by atoms with van der Waals surface area (Å²) in [4.78, 5) is 3.95. The lowest BCUT2D eigenvalue weighted by atomic mass is 10.1. The zero-order valence-electron chi connectivity index (χ0n) is 10.3. The van der Waals surface area contributed by atoms with Gasteiger partial charge in [0.15, 0.2) is 0 Å². The van der Waals surface area contributed by atoms with Crippen molar-refractivity contribution in [2.75, 3.05) is 5.73 Å². The zero-order chi connectivity index (χ0) is 14.1. The summed E-state index contributed by atoms with van der Waals surface area (Å²) in [6, 6.07) is 8.02. The Labute approximate surface area is 119 Å². The van der Waals surface area contributed by atoms with Gasteiger partial charge in [0.2, 0.25) is 0 Å². The van der Waals surface area contributed by atoms with Crippen LogP contribution in [0.15, 0.2) is 48.9 Å². The van der Waals surface area contributed by atoms with E-state index < -0.39 is 5.82 Å². The summed E-state index contributed by atoms with van der Waals surface area (Å²) in [5.41, 5.74) is 8.52. The van der Waals surface area contributed by atoms with Gasteiger partial charge in [-0.3, -0.25) is 4.98 Å². The van der Waals surface area contributed by atoms with E-state index in [-0.39, 0.29) is 5.02 Å². The zero-order valence-corrected chi connectivity index (χ0v) is 11.0. The van der Waals surface area contributed by atoms with E-state index >= 15 is 0 Å². The maximum absolute atomic E-state index is 13.2. The van der Waals surface area contributed by atoms with Crippen LogP contribution in [0, 0.1) is 5.82 Å². The number of anilines is 1. The number of nitrogens with two attached hydrogens (primary N) is 1. The highest BCUT2D eigenvalue weighted by Gasteiger charge is 2.11. The van der Waals surface area contributed by atoms with Gasteiger partial charge < -0.3 is 5.73 Å². The van der Waals surface area contributed by atoms with Crippen LogP contribution in [0.3, 0.4) is 0 Å². The summed E-state index contributed by atoms with van der Waals surface area (Å²) in [6.07, 6.45) is 5.03. The van der Waals surface area contributed by atoms with Crippen molar-refractivity contribution < 1.29 is 4.39 Å². The predicted molar refractivity (Wildman–Crippen MR) is 76.2 cm³/mol. The molecule has 0 saturated carbocycles. The van der Waals surface area contributed by atoms with Gasteiger partial charge >= 0.3 is 0 Å². The number of aromatic nitrogens is 3. The Morgan fingerprint density at radius 1 is 1.15 bits per heavy atom. The molecule has 2 heterocycles. The molecular formula is C14H10ClFN4. The minimum absolute atomic E-state index is 0.0420. The van der Waals surface area contributed by atoms with Crippen molar-refractivity contribution in [3.05, 3.63) is 59.8 Å². The summed E-state index contributed by atoms with van der Waals surface area (Å²) in [5, 5.41) is 4.45. The highest BCUT2D eigenvalue weighted by atomic mass is 35.5. The van der Waals surface area contributed by atoms with Gasteiger partial charge in [0.05, 0.1) is 22.6 Å². The van der Waals surface area contributed by atoms with Crippen molar-refractivity contribution >= 4 is 17.3 Å². The minimum atomic E-state index is -0.470. The molecule has 3 rings (SSSR count). The van der Waals surface area contributed by atoms with Crippen molar-refractivity contribution in [1.82, 2.24) is 14.8 Å². The van der Waals surface area contributed by atoms with Crippen molar-refractivity contribution in [2.45, 2.75) is 0 Å². The molecule has 0 saturated heterocycles. The summed E-state index contributed by atoms with van der Waals surface area (Å²) in [7, 11) is 0. The molecule has 0 atom stereocenters. The first kappa shape index (κ1) is 12.6. The fourth-order valence-electron chi connectivity index (χ4n) is 1.88. The van der Waals surface area contributed by atoms with Crippen LogP contribution in [0.1, 0.15) is 0 Å². The molecule has 0 unspecified atom stereocenters. The molecule has 100 valence electrons. The number of benzene rings is 1. The summed E-state index contributed by atoms with van der Waals surface area (Å²) in [5.74, 6) is -0.470. The number of rotatable bonds is 2. The van der Waals surface area contributed by atoms with Gasteiger partial charge in [-0.25, -0.2) is 9.07 Å². The van der Waals surface area contributed by atoms with Crippen molar-refractivity contribution in [1.29, 1.82) is 0 Å². The molecule has 3 aromatic rings. The standard InChI is InChI=1S/C14H10ClFN4/c15-11-7-9(1-2-12(11)16)14-13(17)8-20(19-14)10-3-5-18-6-4-10/h1-8H,17H2. The normalized spacial score (nSPS) is 10.7. The number of pyridine rings is 1. The largest absolute Gasteiger partial charge is 0.396 e. The topological polar surface area (TPSA) is 56.7 Å². The third-order valence-electron chi connectivity index (χ3n) is 2.86. The minimum Gasteiger partial charge on any atom is -0.396 e. The van der Waals surface area contributed by atoms with Crippen molar-refractivity contribution in [2.24, 2.45) is 0 Å². The van der Waals surface area contributed by atoms with E-state index in [4.69, 9.17) is 17.3 Å². The van der Waals surface area contributed by atoms with Gasteiger partial charge in [-0.15, -0.1) is 0 Å². The van der Waals surface area contributed by atoms with E-state index in [1.807, 2.05) is 12.1 Å². The third kappa shape index (κ3) is 2.23. The molecule has 0 spiro atoms. The van der Waals surface area contributed by atoms with Crippen LogP contribution < -0.4 is 5.73 Å². The van der Waals surface area contributed by atoms with Gasteiger partial charge in [-0.1, -0.05) is 11.6 Å². The molecule has 6 heteroatoms. The van der Waals surface area contributed by atoms with Gasteiger partial charge in [0, 0.05) is 18.0 Å². The van der Waals surface area contributed by atoms with Crippen LogP contribution in [0.5, 0.6) is 0 Å². The smallest absolute Gasteiger partial charge is 0.141 e. The lowest BCUT2D eigenvalue weighted by Gasteiger charge is -2.01. The van der Waals surface area contributed by atoms with Gasteiger partial charge in [0.1, 0.15) is 11.5 Å². The lowest BCUT2D eigenvalue weighted by Crippen LogP contribution is -1.94. The highest BCUT2D eigenvalue weighted by molar-refractivity contribution is 6.31. The SMILES string of the molecule is Nc1cn(-c2ccncc2)nc1-c1ccc(F)c(Cl)c1. The molecule has 2 N–H and O–H groups in total. The summed E-state index contributed by atoms with van der Waals surface area (Å²) < 4.78 is 14.8. The number of nitrogens with zero attached hydrogens (tertiary/aromatic N) is 3.